The van der Waals surface area contributed by atoms with E-state index < -0.39 is 11.7 Å². The number of aliphatic imine (C=N–C) groups is 1. The van der Waals surface area contributed by atoms with Gasteiger partial charge in [-0.05, 0) is 31.5 Å². The van der Waals surface area contributed by atoms with Gasteiger partial charge in [-0.1, -0.05) is 17.9 Å². The Morgan fingerprint density at radius 1 is 1.29 bits per heavy atom. The van der Waals surface area contributed by atoms with Gasteiger partial charge in [-0.25, -0.2) is 0 Å². The third kappa shape index (κ3) is 7.88. The van der Waals surface area contributed by atoms with Gasteiger partial charge in [0.25, 0.3) is 0 Å². The third-order valence-corrected chi connectivity index (χ3v) is 2.95. The molecule has 0 aliphatic heterocycles. The average Bonchev–Trinajstić information content (AvgIpc) is 2.56. The molecular weight excluding hydrogens is 319 g/mol. The van der Waals surface area contributed by atoms with Crippen molar-refractivity contribution in [2.24, 2.45) is 4.99 Å². The predicted molar refractivity (Wildman–Crippen MR) is 88.8 cm³/mol. The minimum absolute atomic E-state index is 0.279. The van der Waals surface area contributed by atoms with Crippen LogP contribution >= 0.6 is 0 Å². The van der Waals surface area contributed by atoms with Gasteiger partial charge in [-0.15, -0.1) is 0 Å². The number of rotatable bonds is 6. The summed E-state index contributed by atoms with van der Waals surface area (Å²) in [4.78, 5) is 4.03. The Hall–Kier alpha value is -2.20. The van der Waals surface area contributed by atoms with E-state index in [9.17, 15) is 13.2 Å². The van der Waals surface area contributed by atoms with E-state index in [2.05, 4.69) is 27.5 Å². The minimum atomic E-state index is -4.36. The summed E-state index contributed by atoms with van der Waals surface area (Å²) in [5, 5.41) is 6.08. The lowest BCUT2D eigenvalue weighted by Crippen LogP contribution is -2.38. The monoisotopic (exact) mass is 341 g/mol. The Morgan fingerprint density at radius 3 is 2.75 bits per heavy atom. The molecule has 0 aliphatic carbocycles. The molecule has 132 valence electrons. The molecule has 0 saturated carbocycles. The molecule has 0 aliphatic rings. The van der Waals surface area contributed by atoms with Crippen LogP contribution in [0.3, 0.4) is 0 Å². The minimum Gasteiger partial charge on any atom is -0.382 e. The lowest BCUT2D eigenvalue weighted by atomic mass is 10.1. The topological polar surface area (TPSA) is 45.6 Å². The maximum absolute atomic E-state index is 12.6. The Bertz CT molecular complexity index is 589. The molecule has 0 unspecified atom stereocenters. The summed E-state index contributed by atoms with van der Waals surface area (Å²) in [6.45, 7) is 4.30. The van der Waals surface area contributed by atoms with Gasteiger partial charge in [-0.3, -0.25) is 4.99 Å². The van der Waals surface area contributed by atoms with Crippen molar-refractivity contribution in [3.8, 4) is 11.8 Å². The van der Waals surface area contributed by atoms with E-state index in [0.717, 1.165) is 18.6 Å². The highest BCUT2D eigenvalue weighted by molar-refractivity contribution is 5.79. The van der Waals surface area contributed by atoms with Crippen molar-refractivity contribution in [1.82, 2.24) is 10.6 Å². The second kappa shape index (κ2) is 10.6. The standard InChI is InChI=1S/C17H22F3N3O/c1-3-24-12-6-11-23-16(21-2)22-10-5-8-14-7-4-9-15(13-14)17(18,19)20/h4,7,9,13H,3,6,10-12H2,1-2H3,(H2,21,22,23). The summed E-state index contributed by atoms with van der Waals surface area (Å²) in [5.74, 6) is 6.08. The maximum Gasteiger partial charge on any atom is 0.416 e. The largest absolute Gasteiger partial charge is 0.416 e. The lowest BCUT2D eigenvalue weighted by Gasteiger charge is -2.09. The third-order valence-electron chi connectivity index (χ3n) is 2.95. The van der Waals surface area contributed by atoms with Crippen LogP contribution in [0, 0.1) is 11.8 Å². The van der Waals surface area contributed by atoms with Crippen LogP contribution in [0.15, 0.2) is 29.3 Å². The van der Waals surface area contributed by atoms with Crippen molar-refractivity contribution in [2.75, 3.05) is 33.4 Å². The highest BCUT2D eigenvalue weighted by atomic mass is 19.4. The fourth-order valence-corrected chi connectivity index (χ4v) is 1.79. The van der Waals surface area contributed by atoms with E-state index in [1.165, 1.54) is 6.07 Å². The zero-order chi connectivity index (χ0) is 17.8. The van der Waals surface area contributed by atoms with Gasteiger partial charge in [0.15, 0.2) is 5.96 Å². The van der Waals surface area contributed by atoms with Crippen LogP contribution in [-0.4, -0.2) is 39.3 Å². The van der Waals surface area contributed by atoms with E-state index in [-0.39, 0.29) is 6.54 Å². The highest BCUT2D eigenvalue weighted by Crippen LogP contribution is 2.29. The van der Waals surface area contributed by atoms with Gasteiger partial charge in [0.2, 0.25) is 0 Å². The number of benzene rings is 1. The Balaban J connectivity index is 2.43. The first-order valence-electron chi connectivity index (χ1n) is 7.65. The predicted octanol–water partition coefficient (Wildman–Crippen LogP) is 2.65. The zero-order valence-electron chi connectivity index (χ0n) is 13.8. The molecule has 1 aromatic rings. The molecule has 1 aromatic carbocycles. The SMILES string of the molecule is CCOCCCNC(=NC)NCC#Cc1cccc(C(F)(F)F)c1. The van der Waals surface area contributed by atoms with Crippen LogP contribution in [0.5, 0.6) is 0 Å². The van der Waals surface area contributed by atoms with Crippen LogP contribution < -0.4 is 10.6 Å². The summed E-state index contributed by atoms with van der Waals surface area (Å²) < 4.78 is 43.1. The van der Waals surface area contributed by atoms with E-state index >= 15 is 0 Å². The Kier molecular flexibility index (Phi) is 8.72. The van der Waals surface area contributed by atoms with E-state index in [1.54, 1.807) is 13.1 Å². The van der Waals surface area contributed by atoms with Gasteiger partial charge in [0, 0.05) is 32.4 Å². The van der Waals surface area contributed by atoms with Gasteiger partial charge in [0.1, 0.15) is 0 Å². The molecule has 0 radical (unpaired) electrons. The Labute approximate surface area is 140 Å². The van der Waals surface area contributed by atoms with E-state index in [0.29, 0.717) is 31.3 Å². The van der Waals surface area contributed by atoms with Crippen LogP contribution in [0.4, 0.5) is 13.2 Å². The number of halogens is 3. The van der Waals surface area contributed by atoms with Crippen molar-refractivity contribution in [2.45, 2.75) is 19.5 Å². The fourth-order valence-electron chi connectivity index (χ4n) is 1.79. The van der Waals surface area contributed by atoms with Gasteiger partial charge >= 0.3 is 6.18 Å². The molecule has 2 N–H and O–H groups in total. The smallest absolute Gasteiger partial charge is 0.382 e. The molecule has 0 atom stereocenters. The maximum atomic E-state index is 12.6. The molecule has 0 saturated heterocycles. The van der Waals surface area contributed by atoms with Crippen LogP contribution in [0.25, 0.3) is 0 Å². The molecule has 0 spiro atoms. The van der Waals surface area contributed by atoms with E-state index in [1.807, 2.05) is 6.92 Å². The second-order valence-corrected chi connectivity index (χ2v) is 4.78. The molecular formula is C17H22F3N3O. The summed E-state index contributed by atoms with van der Waals surface area (Å²) in [6.07, 6.45) is -3.51. The molecule has 0 bridgehead atoms. The number of nitrogens with zero attached hydrogens (tertiary/aromatic N) is 1. The molecule has 0 amide bonds. The van der Waals surface area contributed by atoms with Gasteiger partial charge in [0.05, 0.1) is 12.1 Å². The summed E-state index contributed by atoms with van der Waals surface area (Å²) in [6, 6.07) is 4.95. The average molecular weight is 341 g/mol. The molecule has 0 fully saturated rings. The molecule has 24 heavy (non-hydrogen) atoms. The molecule has 0 aromatic heterocycles. The first-order chi connectivity index (χ1) is 11.5. The first kappa shape index (κ1) is 19.8. The lowest BCUT2D eigenvalue weighted by molar-refractivity contribution is -0.137. The number of ether oxygens (including phenoxy) is 1. The van der Waals surface area contributed by atoms with Gasteiger partial charge in [-0.2, -0.15) is 13.2 Å². The second-order valence-electron chi connectivity index (χ2n) is 4.78. The highest BCUT2D eigenvalue weighted by Gasteiger charge is 2.30. The van der Waals surface area contributed by atoms with Crippen molar-refractivity contribution >= 4 is 5.96 Å². The zero-order valence-corrected chi connectivity index (χ0v) is 13.8. The summed E-state index contributed by atoms with van der Waals surface area (Å²) in [7, 11) is 1.64. The number of hydrogen-bond donors (Lipinski definition) is 2. The first-order valence-corrected chi connectivity index (χ1v) is 7.65. The van der Waals surface area contributed by atoms with Crippen molar-refractivity contribution in [1.29, 1.82) is 0 Å². The number of alkyl halides is 3. The number of guanidine groups is 1. The molecule has 4 nitrogen and oxygen atoms in total. The Morgan fingerprint density at radius 2 is 2.08 bits per heavy atom. The summed E-state index contributed by atoms with van der Waals surface area (Å²) >= 11 is 0. The van der Waals surface area contributed by atoms with Crippen LogP contribution in [-0.2, 0) is 10.9 Å². The fraction of sp³-hybridized carbons (Fsp3) is 0.471. The molecule has 0 heterocycles. The van der Waals surface area contributed by atoms with Crippen LogP contribution in [0.2, 0.25) is 0 Å². The number of nitrogens with one attached hydrogen (secondary N) is 2. The summed E-state index contributed by atoms with van der Waals surface area (Å²) in [5.41, 5.74) is -0.375. The van der Waals surface area contributed by atoms with Crippen molar-refractivity contribution < 1.29 is 17.9 Å². The molecule has 7 heteroatoms. The van der Waals surface area contributed by atoms with Crippen LogP contribution in [0.1, 0.15) is 24.5 Å². The van der Waals surface area contributed by atoms with E-state index in [4.69, 9.17) is 4.74 Å². The van der Waals surface area contributed by atoms with Gasteiger partial charge < -0.3 is 15.4 Å². The normalized spacial score (nSPS) is 11.6. The number of hydrogen-bond acceptors (Lipinski definition) is 2. The van der Waals surface area contributed by atoms with Crippen molar-refractivity contribution in [3.63, 3.8) is 0 Å². The quantitative estimate of drug-likeness (QED) is 0.362. The van der Waals surface area contributed by atoms with Crippen molar-refractivity contribution in [3.05, 3.63) is 35.4 Å². The molecule has 1 rings (SSSR count).